The van der Waals surface area contributed by atoms with Crippen molar-refractivity contribution in [3.05, 3.63) is 29.8 Å². The summed E-state index contributed by atoms with van der Waals surface area (Å²) in [5, 5.41) is 5.85. The van der Waals surface area contributed by atoms with Crippen molar-refractivity contribution in [1.82, 2.24) is 5.32 Å². The van der Waals surface area contributed by atoms with Gasteiger partial charge < -0.3 is 15.4 Å². The Kier molecular flexibility index (Phi) is 6.73. The lowest BCUT2D eigenvalue weighted by molar-refractivity contribution is -0.115. The van der Waals surface area contributed by atoms with Gasteiger partial charge in [0.15, 0.2) is 0 Å². The molecule has 0 aliphatic carbocycles. The van der Waals surface area contributed by atoms with E-state index in [1.54, 1.807) is 24.3 Å². The zero-order valence-corrected chi connectivity index (χ0v) is 12.2. The van der Waals surface area contributed by atoms with Crippen molar-refractivity contribution in [1.29, 1.82) is 0 Å². The van der Waals surface area contributed by atoms with Gasteiger partial charge >= 0.3 is 5.97 Å². The number of hydrogen-bond donors (Lipinski definition) is 2. The molecular formula is C15H22N2O3. The molecule has 1 amide bonds. The van der Waals surface area contributed by atoms with Gasteiger partial charge in [0.1, 0.15) is 0 Å². The van der Waals surface area contributed by atoms with E-state index in [2.05, 4.69) is 29.2 Å². The molecule has 0 atom stereocenters. The number of hydrogen-bond acceptors (Lipinski definition) is 4. The molecule has 0 fully saturated rings. The number of rotatable bonds is 7. The van der Waals surface area contributed by atoms with Crippen LogP contribution in [-0.4, -0.2) is 32.1 Å². The molecule has 0 unspecified atom stereocenters. The molecule has 1 aromatic carbocycles. The predicted octanol–water partition coefficient (Wildman–Crippen LogP) is 2.05. The summed E-state index contributed by atoms with van der Waals surface area (Å²) in [6, 6.07) is 6.60. The first-order chi connectivity index (χ1) is 9.52. The fourth-order valence-electron chi connectivity index (χ4n) is 1.61. The Morgan fingerprint density at radius 1 is 1.20 bits per heavy atom. The fourth-order valence-corrected chi connectivity index (χ4v) is 1.61. The van der Waals surface area contributed by atoms with Crippen LogP contribution in [0.3, 0.4) is 0 Å². The quantitative estimate of drug-likeness (QED) is 0.591. The van der Waals surface area contributed by atoms with E-state index in [1.807, 2.05) is 0 Å². The molecular weight excluding hydrogens is 256 g/mol. The summed E-state index contributed by atoms with van der Waals surface area (Å²) in [7, 11) is 1.33. The number of amides is 1. The lowest BCUT2D eigenvalue weighted by Gasteiger charge is -2.08. The summed E-state index contributed by atoms with van der Waals surface area (Å²) in [5.41, 5.74) is 1.12. The van der Waals surface area contributed by atoms with E-state index in [1.165, 1.54) is 7.11 Å². The summed E-state index contributed by atoms with van der Waals surface area (Å²) < 4.78 is 4.61. The summed E-state index contributed by atoms with van der Waals surface area (Å²) >= 11 is 0. The molecule has 2 N–H and O–H groups in total. The first-order valence-corrected chi connectivity index (χ1v) is 6.72. The molecule has 0 aromatic heterocycles. The molecule has 0 aliphatic rings. The predicted molar refractivity (Wildman–Crippen MR) is 78.7 cm³/mol. The molecule has 1 rings (SSSR count). The molecule has 0 bridgehead atoms. The minimum Gasteiger partial charge on any atom is -0.465 e. The van der Waals surface area contributed by atoms with Gasteiger partial charge in [0.05, 0.1) is 19.2 Å². The highest BCUT2D eigenvalue weighted by Gasteiger charge is 2.06. The van der Waals surface area contributed by atoms with Crippen LogP contribution in [0.25, 0.3) is 0 Å². The van der Waals surface area contributed by atoms with Crippen LogP contribution in [0.1, 0.15) is 30.6 Å². The van der Waals surface area contributed by atoms with Crippen LogP contribution in [0.5, 0.6) is 0 Å². The van der Waals surface area contributed by atoms with Crippen molar-refractivity contribution in [2.75, 3.05) is 25.5 Å². The van der Waals surface area contributed by atoms with Crippen molar-refractivity contribution in [3.8, 4) is 0 Å². The maximum Gasteiger partial charge on any atom is 0.337 e. The molecule has 0 saturated carbocycles. The average Bonchev–Trinajstić information content (AvgIpc) is 2.43. The number of methoxy groups -OCH3 is 1. The molecule has 0 radical (unpaired) electrons. The number of anilines is 1. The van der Waals surface area contributed by atoms with Gasteiger partial charge in [-0.1, -0.05) is 13.8 Å². The number of carbonyl (C=O) groups excluding carboxylic acids is 2. The summed E-state index contributed by atoms with van der Waals surface area (Å²) in [4.78, 5) is 22.9. The van der Waals surface area contributed by atoms with Crippen LogP contribution in [-0.2, 0) is 9.53 Å². The van der Waals surface area contributed by atoms with Crippen LogP contribution in [0.4, 0.5) is 5.69 Å². The Balaban J connectivity index is 2.36. The van der Waals surface area contributed by atoms with Crippen LogP contribution >= 0.6 is 0 Å². The molecule has 110 valence electrons. The SMILES string of the molecule is COC(=O)c1ccc(NC(=O)CNCCC(C)C)cc1. The smallest absolute Gasteiger partial charge is 0.337 e. The van der Waals surface area contributed by atoms with Crippen LogP contribution < -0.4 is 10.6 Å². The molecule has 5 nitrogen and oxygen atoms in total. The standard InChI is InChI=1S/C15H22N2O3/c1-11(2)8-9-16-10-14(18)17-13-6-4-12(5-7-13)15(19)20-3/h4-7,11,16H,8-10H2,1-3H3,(H,17,18). The van der Waals surface area contributed by atoms with E-state index in [4.69, 9.17) is 0 Å². The van der Waals surface area contributed by atoms with Gasteiger partial charge in [-0.2, -0.15) is 0 Å². The van der Waals surface area contributed by atoms with Crippen molar-refractivity contribution in [3.63, 3.8) is 0 Å². The van der Waals surface area contributed by atoms with E-state index in [0.717, 1.165) is 13.0 Å². The van der Waals surface area contributed by atoms with Crippen molar-refractivity contribution < 1.29 is 14.3 Å². The van der Waals surface area contributed by atoms with Gasteiger partial charge in [-0.25, -0.2) is 4.79 Å². The average molecular weight is 278 g/mol. The Morgan fingerprint density at radius 3 is 2.40 bits per heavy atom. The first kappa shape index (κ1) is 16.2. The van der Waals surface area contributed by atoms with Gasteiger partial charge in [0, 0.05) is 5.69 Å². The van der Waals surface area contributed by atoms with E-state index in [0.29, 0.717) is 17.2 Å². The van der Waals surface area contributed by atoms with Crippen LogP contribution in [0, 0.1) is 5.92 Å². The largest absolute Gasteiger partial charge is 0.465 e. The minimum atomic E-state index is -0.391. The van der Waals surface area contributed by atoms with Crippen molar-refractivity contribution in [2.24, 2.45) is 5.92 Å². The van der Waals surface area contributed by atoms with Gasteiger partial charge in [0.2, 0.25) is 5.91 Å². The Labute approximate surface area is 119 Å². The lowest BCUT2D eigenvalue weighted by Crippen LogP contribution is -2.29. The number of esters is 1. The van der Waals surface area contributed by atoms with E-state index in [-0.39, 0.29) is 12.5 Å². The number of ether oxygens (including phenoxy) is 1. The third-order valence-electron chi connectivity index (χ3n) is 2.77. The minimum absolute atomic E-state index is 0.0976. The monoisotopic (exact) mass is 278 g/mol. The third-order valence-corrected chi connectivity index (χ3v) is 2.77. The van der Waals surface area contributed by atoms with Crippen LogP contribution in [0.15, 0.2) is 24.3 Å². The number of benzene rings is 1. The molecule has 0 saturated heterocycles. The molecule has 5 heteroatoms. The van der Waals surface area contributed by atoms with Gasteiger partial charge in [-0.15, -0.1) is 0 Å². The zero-order chi connectivity index (χ0) is 15.0. The summed E-state index contributed by atoms with van der Waals surface area (Å²) in [6.07, 6.45) is 1.04. The maximum absolute atomic E-state index is 11.7. The maximum atomic E-state index is 11.7. The second-order valence-electron chi connectivity index (χ2n) is 4.98. The first-order valence-electron chi connectivity index (χ1n) is 6.72. The highest BCUT2D eigenvalue weighted by Crippen LogP contribution is 2.10. The van der Waals surface area contributed by atoms with Gasteiger partial charge in [0.25, 0.3) is 0 Å². The fraction of sp³-hybridized carbons (Fsp3) is 0.467. The second kappa shape index (κ2) is 8.32. The van der Waals surface area contributed by atoms with Crippen molar-refractivity contribution >= 4 is 17.6 Å². The van der Waals surface area contributed by atoms with E-state index < -0.39 is 5.97 Å². The Bertz CT molecular complexity index is 441. The van der Waals surface area contributed by atoms with E-state index in [9.17, 15) is 9.59 Å². The van der Waals surface area contributed by atoms with E-state index >= 15 is 0 Å². The Hall–Kier alpha value is -1.88. The highest BCUT2D eigenvalue weighted by atomic mass is 16.5. The second-order valence-corrected chi connectivity index (χ2v) is 4.98. The zero-order valence-electron chi connectivity index (χ0n) is 12.2. The Morgan fingerprint density at radius 2 is 1.85 bits per heavy atom. The lowest BCUT2D eigenvalue weighted by atomic mass is 10.1. The molecule has 0 heterocycles. The third kappa shape index (κ3) is 5.84. The normalized spacial score (nSPS) is 10.4. The topological polar surface area (TPSA) is 67.4 Å². The van der Waals surface area contributed by atoms with Crippen molar-refractivity contribution in [2.45, 2.75) is 20.3 Å². The summed E-state index contributed by atoms with van der Waals surface area (Å²) in [6.45, 7) is 5.40. The summed E-state index contributed by atoms with van der Waals surface area (Å²) in [5.74, 6) is 0.134. The molecule has 0 aliphatic heterocycles. The van der Waals surface area contributed by atoms with Gasteiger partial charge in [-0.3, -0.25) is 4.79 Å². The van der Waals surface area contributed by atoms with Gasteiger partial charge in [-0.05, 0) is 43.1 Å². The molecule has 1 aromatic rings. The number of carbonyl (C=O) groups is 2. The highest BCUT2D eigenvalue weighted by molar-refractivity contribution is 5.93. The molecule has 0 spiro atoms. The number of nitrogens with one attached hydrogen (secondary N) is 2. The van der Waals surface area contributed by atoms with Crippen LogP contribution in [0.2, 0.25) is 0 Å². The molecule has 20 heavy (non-hydrogen) atoms.